The first-order chi connectivity index (χ1) is 6.81. The second-order valence-corrected chi connectivity index (χ2v) is 3.04. The first-order valence-corrected chi connectivity index (χ1v) is 4.38. The second-order valence-electron chi connectivity index (χ2n) is 3.04. The van der Waals surface area contributed by atoms with E-state index >= 15 is 0 Å². The van der Waals surface area contributed by atoms with Gasteiger partial charge >= 0.3 is 0 Å². The molecule has 2 N–H and O–H groups in total. The van der Waals surface area contributed by atoms with Crippen LogP contribution in [0.5, 0.6) is 0 Å². The molecule has 0 unspecified atom stereocenters. The Kier molecular flexibility index (Phi) is 3.79. The van der Waals surface area contributed by atoms with Gasteiger partial charge in [-0.25, -0.2) is 0 Å². The number of nitrogens with two attached hydrogens (primary N) is 1. The van der Waals surface area contributed by atoms with Crippen LogP contribution >= 0.6 is 0 Å². The van der Waals surface area contributed by atoms with E-state index in [2.05, 4.69) is 10.7 Å². The highest BCUT2D eigenvalue weighted by Gasteiger charge is 2.24. The SMILES string of the molecule is NC=O.O=Cc1ccc(C2CC2)nc1. The van der Waals surface area contributed by atoms with Crippen LogP contribution in [0.4, 0.5) is 0 Å². The third kappa shape index (κ3) is 2.97. The van der Waals surface area contributed by atoms with E-state index in [0.29, 0.717) is 11.5 Å². The van der Waals surface area contributed by atoms with Crippen molar-refractivity contribution in [3.8, 4) is 0 Å². The Morgan fingerprint density at radius 1 is 1.36 bits per heavy atom. The first-order valence-electron chi connectivity index (χ1n) is 4.38. The molecule has 0 saturated heterocycles. The normalized spacial score (nSPS) is 13.7. The standard InChI is InChI=1S/C9H9NO.CH3NO/c11-6-7-1-4-9(10-5-7)8-2-3-8;2-1-3/h1,4-6,8H,2-3H2;1H,(H2,2,3). The fraction of sp³-hybridized carbons (Fsp3) is 0.300. The molecular formula is C10H12N2O2. The van der Waals surface area contributed by atoms with Crippen LogP contribution in [0.3, 0.4) is 0 Å². The minimum atomic E-state index is 0.250. The lowest BCUT2D eigenvalue weighted by Gasteiger charge is -1.94. The van der Waals surface area contributed by atoms with Gasteiger partial charge in [0.1, 0.15) is 0 Å². The molecule has 2 rings (SSSR count). The summed E-state index contributed by atoms with van der Waals surface area (Å²) in [6, 6.07) is 3.77. The Bertz CT molecular complexity index is 304. The second kappa shape index (κ2) is 5.11. The fourth-order valence-electron chi connectivity index (χ4n) is 1.11. The lowest BCUT2D eigenvalue weighted by Crippen LogP contribution is -1.87. The van der Waals surface area contributed by atoms with Crippen molar-refractivity contribution in [2.24, 2.45) is 5.73 Å². The molecule has 0 atom stereocenters. The third-order valence-electron chi connectivity index (χ3n) is 1.94. The summed E-state index contributed by atoms with van der Waals surface area (Å²) >= 11 is 0. The van der Waals surface area contributed by atoms with E-state index in [1.54, 1.807) is 6.20 Å². The van der Waals surface area contributed by atoms with Crippen molar-refractivity contribution in [1.29, 1.82) is 0 Å². The number of nitrogens with zero attached hydrogens (tertiary/aromatic N) is 1. The van der Waals surface area contributed by atoms with E-state index < -0.39 is 0 Å². The minimum Gasteiger partial charge on any atom is -0.372 e. The first kappa shape index (κ1) is 10.4. The zero-order valence-electron chi connectivity index (χ0n) is 7.72. The summed E-state index contributed by atoms with van der Waals surface area (Å²) in [5.74, 6) is 0.677. The Morgan fingerprint density at radius 2 is 2.00 bits per heavy atom. The lowest BCUT2D eigenvalue weighted by molar-refractivity contribution is -0.106. The third-order valence-corrected chi connectivity index (χ3v) is 1.94. The Balaban J connectivity index is 0.000000293. The lowest BCUT2D eigenvalue weighted by atomic mass is 10.2. The Hall–Kier alpha value is -1.71. The van der Waals surface area contributed by atoms with Crippen molar-refractivity contribution in [3.05, 3.63) is 29.6 Å². The summed E-state index contributed by atoms with van der Waals surface area (Å²) in [6.07, 6.45) is 5.23. The van der Waals surface area contributed by atoms with Gasteiger partial charge in [-0.15, -0.1) is 0 Å². The van der Waals surface area contributed by atoms with Gasteiger partial charge in [-0.3, -0.25) is 14.6 Å². The molecule has 4 heteroatoms. The van der Waals surface area contributed by atoms with Crippen molar-refractivity contribution < 1.29 is 9.59 Å². The van der Waals surface area contributed by atoms with Gasteiger partial charge in [0, 0.05) is 23.4 Å². The average Bonchev–Trinajstić information content (AvgIpc) is 3.03. The van der Waals surface area contributed by atoms with Gasteiger partial charge < -0.3 is 5.73 Å². The van der Waals surface area contributed by atoms with E-state index in [4.69, 9.17) is 4.79 Å². The molecule has 74 valence electrons. The Morgan fingerprint density at radius 3 is 2.36 bits per heavy atom. The van der Waals surface area contributed by atoms with E-state index in [1.807, 2.05) is 12.1 Å². The number of aromatic nitrogens is 1. The van der Waals surface area contributed by atoms with Crippen molar-refractivity contribution in [2.45, 2.75) is 18.8 Å². The highest BCUT2D eigenvalue weighted by atomic mass is 16.1. The molecular weight excluding hydrogens is 180 g/mol. The molecule has 0 aromatic carbocycles. The predicted molar refractivity (Wildman–Crippen MR) is 51.9 cm³/mol. The molecule has 4 nitrogen and oxygen atoms in total. The van der Waals surface area contributed by atoms with Gasteiger partial charge in [-0.1, -0.05) is 0 Å². The van der Waals surface area contributed by atoms with Crippen LogP contribution in [0.15, 0.2) is 18.3 Å². The number of carbonyl (C=O) groups is 2. The van der Waals surface area contributed by atoms with E-state index in [9.17, 15) is 4.79 Å². The molecule has 1 aliphatic rings. The quantitative estimate of drug-likeness (QED) is 0.706. The number of hydrogen-bond acceptors (Lipinski definition) is 3. The number of aldehydes is 1. The number of primary amides is 1. The van der Waals surface area contributed by atoms with Gasteiger partial charge in [-0.2, -0.15) is 0 Å². The molecule has 1 fully saturated rings. The summed E-state index contributed by atoms with van der Waals surface area (Å²) < 4.78 is 0. The topological polar surface area (TPSA) is 73.1 Å². The molecule has 1 heterocycles. The summed E-state index contributed by atoms with van der Waals surface area (Å²) in [7, 11) is 0. The van der Waals surface area contributed by atoms with Gasteiger partial charge in [0.05, 0.1) is 0 Å². The van der Waals surface area contributed by atoms with Crippen LogP contribution in [0.2, 0.25) is 0 Å². The van der Waals surface area contributed by atoms with Gasteiger partial charge in [0.2, 0.25) is 6.41 Å². The maximum absolute atomic E-state index is 10.3. The summed E-state index contributed by atoms with van der Waals surface area (Å²) in [4.78, 5) is 23.0. The monoisotopic (exact) mass is 192 g/mol. The smallest absolute Gasteiger partial charge is 0.204 e. The summed E-state index contributed by atoms with van der Waals surface area (Å²) in [5.41, 5.74) is 5.96. The van der Waals surface area contributed by atoms with Crippen LogP contribution < -0.4 is 5.73 Å². The molecule has 0 bridgehead atoms. The van der Waals surface area contributed by atoms with E-state index in [0.717, 1.165) is 12.0 Å². The van der Waals surface area contributed by atoms with Crippen LogP contribution in [-0.4, -0.2) is 17.7 Å². The van der Waals surface area contributed by atoms with Crippen LogP contribution in [0.1, 0.15) is 34.8 Å². The van der Waals surface area contributed by atoms with Gasteiger partial charge in [0.25, 0.3) is 0 Å². The summed E-state index contributed by atoms with van der Waals surface area (Å²) in [6.45, 7) is 0. The molecule has 0 radical (unpaired) electrons. The van der Waals surface area contributed by atoms with Crippen LogP contribution in [0, 0.1) is 0 Å². The number of amides is 1. The van der Waals surface area contributed by atoms with Crippen molar-refractivity contribution in [3.63, 3.8) is 0 Å². The van der Waals surface area contributed by atoms with E-state index in [-0.39, 0.29) is 6.41 Å². The molecule has 0 spiro atoms. The van der Waals surface area contributed by atoms with Crippen LogP contribution in [0.25, 0.3) is 0 Å². The maximum atomic E-state index is 10.3. The van der Waals surface area contributed by atoms with Crippen LogP contribution in [-0.2, 0) is 4.79 Å². The molecule has 1 aromatic heterocycles. The molecule has 1 aromatic rings. The predicted octanol–water partition coefficient (Wildman–Crippen LogP) is 0.873. The van der Waals surface area contributed by atoms with Gasteiger partial charge in [0.15, 0.2) is 6.29 Å². The number of hydrogen-bond donors (Lipinski definition) is 1. The summed E-state index contributed by atoms with van der Waals surface area (Å²) in [5, 5.41) is 0. The number of rotatable bonds is 2. The fourth-order valence-corrected chi connectivity index (χ4v) is 1.11. The van der Waals surface area contributed by atoms with Crippen molar-refractivity contribution >= 4 is 12.7 Å². The van der Waals surface area contributed by atoms with Crippen molar-refractivity contribution in [2.75, 3.05) is 0 Å². The molecule has 0 aliphatic heterocycles. The highest BCUT2D eigenvalue weighted by molar-refractivity contribution is 5.73. The van der Waals surface area contributed by atoms with E-state index in [1.165, 1.54) is 12.8 Å². The zero-order chi connectivity index (χ0) is 10.4. The van der Waals surface area contributed by atoms with Crippen molar-refractivity contribution in [1.82, 2.24) is 4.98 Å². The van der Waals surface area contributed by atoms with Gasteiger partial charge in [-0.05, 0) is 25.0 Å². The molecule has 1 amide bonds. The zero-order valence-corrected chi connectivity index (χ0v) is 7.72. The largest absolute Gasteiger partial charge is 0.372 e. The minimum absolute atomic E-state index is 0.250. The molecule has 1 saturated carbocycles. The maximum Gasteiger partial charge on any atom is 0.204 e. The molecule has 14 heavy (non-hydrogen) atoms. The average molecular weight is 192 g/mol. The Labute approximate surface area is 82.1 Å². The molecule has 1 aliphatic carbocycles. The highest BCUT2D eigenvalue weighted by Crippen LogP contribution is 2.38. The number of pyridine rings is 1. The number of carbonyl (C=O) groups excluding carboxylic acids is 2.